The second-order valence-corrected chi connectivity index (χ2v) is 5.78. The number of carbonyl (C=O) groups is 1. The zero-order chi connectivity index (χ0) is 16.3. The third kappa shape index (κ3) is 4.29. The molecule has 2 aromatic rings. The summed E-state index contributed by atoms with van der Waals surface area (Å²) in [5, 5.41) is 24.7. The summed E-state index contributed by atoms with van der Waals surface area (Å²) in [6.45, 7) is 5.24. The van der Waals surface area contributed by atoms with Gasteiger partial charge in [0.2, 0.25) is 11.7 Å². The van der Waals surface area contributed by atoms with Crippen molar-refractivity contribution in [3.05, 3.63) is 29.7 Å². The number of rotatable bonds is 5. The molecule has 0 aliphatic carbocycles. The second kappa shape index (κ2) is 6.15. The van der Waals surface area contributed by atoms with Crippen molar-refractivity contribution in [3.8, 4) is 11.4 Å². The van der Waals surface area contributed by atoms with Crippen LogP contribution in [-0.4, -0.2) is 32.0 Å². The molecule has 0 atom stereocenters. The second-order valence-electron chi connectivity index (χ2n) is 5.78. The summed E-state index contributed by atoms with van der Waals surface area (Å²) in [5.41, 5.74) is 1.15. The van der Waals surface area contributed by atoms with Crippen LogP contribution in [0.1, 0.15) is 31.7 Å². The van der Waals surface area contributed by atoms with E-state index in [0.29, 0.717) is 35.8 Å². The SMILES string of the molecule is Cc1ccc(-c2noc(CCC(C)(C)O)n2)cc1NC(=O)O. The molecule has 0 aliphatic heterocycles. The highest BCUT2D eigenvalue weighted by Crippen LogP contribution is 2.24. The summed E-state index contributed by atoms with van der Waals surface area (Å²) in [4.78, 5) is 15.0. The van der Waals surface area contributed by atoms with Crippen molar-refractivity contribution in [2.24, 2.45) is 0 Å². The molecule has 1 heterocycles. The fourth-order valence-electron chi connectivity index (χ4n) is 1.90. The number of aromatic nitrogens is 2. The average Bonchev–Trinajstić information content (AvgIpc) is 2.86. The number of aryl methyl sites for hydroxylation is 2. The molecule has 0 saturated carbocycles. The Morgan fingerprint density at radius 1 is 1.41 bits per heavy atom. The van der Waals surface area contributed by atoms with Gasteiger partial charge < -0.3 is 14.7 Å². The van der Waals surface area contributed by atoms with Gasteiger partial charge in [0.25, 0.3) is 0 Å². The Morgan fingerprint density at radius 3 is 2.77 bits per heavy atom. The van der Waals surface area contributed by atoms with Crippen LogP contribution in [0.4, 0.5) is 10.5 Å². The van der Waals surface area contributed by atoms with Crippen LogP contribution in [0.25, 0.3) is 11.4 Å². The summed E-state index contributed by atoms with van der Waals surface area (Å²) in [6.07, 6.45) is -0.143. The molecular weight excluding hydrogens is 286 g/mol. The number of nitrogens with one attached hydrogen (secondary N) is 1. The van der Waals surface area contributed by atoms with Crippen molar-refractivity contribution in [1.29, 1.82) is 0 Å². The molecule has 7 nitrogen and oxygen atoms in total. The first-order valence-corrected chi connectivity index (χ1v) is 6.90. The van der Waals surface area contributed by atoms with E-state index >= 15 is 0 Å². The predicted octanol–water partition coefficient (Wildman–Crippen LogP) is 2.84. The largest absolute Gasteiger partial charge is 0.465 e. The third-order valence-corrected chi connectivity index (χ3v) is 3.16. The molecule has 0 fully saturated rings. The number of hydrogen-bond acceptors (Lipinski definition) is 5. The van der Waals surface area contributed by atoms with Crippen molar-refractivity contribution in [2.75, 3.05) is 5.32 Å². The lowest BCUT2D eigenvalue weighted by atomic mass is 10.0. The van der Waals surface area contributed by atoms with Crippen LogP contribution in [0.3, 0.4) is 0 Å². The Balaban J connectivity index is 2.18. The highest BCUT2D eigenvalue weighted by molar-refractivity contribution is 5.85. The number of hydrogen-bond donors (Lipinski definition) is 3. The van der Waals surface area contributed by atoms with Crippen LogP contribution < -0.4 is 5.32 Å². The number of anilines is 1. The van der Waals surface area contributed by atoms with Crippen LogP contribution in [0, 0.1) is 6.92 Å². The Morgan fingerprint density at radius 2 is 2.14 bits per heavy atom. The van der Waals surface area contributed by atoms with Crippen LogP contribution in [-0.2, 0) is 6.42 Å². The van der Waals surface area contributed by atoms with Gasteiger partial charge >= 0.3 is 6.09 Å². The summed E-state index contributed by atoms with van der Waals surface area (Å²) in [5.74, 6) is 0.824. The molecule has 0 aliphatic rings. The maximum absolute atomic E-state index is 10.8. The van der Waals surface area contributed by atoms with Crippen LogP contribution in [0.15, 0.2) is 22.7 Å². The van der Waals surface area contributed by atoms with E-state index in [1.165, 1.54) is 0 Å². The monoisotopic (exact) mass is 305 g/mol. The van der Waals surface area contributed by atoms with Gasteiger partial charge in [-0.05, 0) is 38.8 Å². The Bertz CT molecular complexity index is 674. The minimum absolute atomic E-state index is 0.388. The van der Waals surface area contributed by atoms with E-state index < -0.39 is 11.7 Å². The lowest BCUT2D eigenvalue weighted by molar-refractivity contribution is 0.0689. The van der Waals surface area contributed by atoms with E-state index in [9.17, 15) is 9.90 Å². The molecule has 7 heteroatoms. The molecule has 0 unspecified atom stereocenters. The van der Waals surface area contributed by atoms with E-state index in [0.717, 1.165) is 5.56 Å². The van der Waals surface area contributed by atoms with Crippen molar-refractivity contribution in [3.63, 3.8) is 0 Å². The van der Waals surface area contributed by atoms with Crippen LogP contribution in [0.5, 0.6) is 0 Å². The predicted molar refractivity (Wildman–Crippen MR) is 80.7 cm³/mol. The van der Waals surface area contributed by atoms with Gasteiger partial charge in [-0.15, -0.1) is 0 Å². The van der Waals surface area contributed by atoms with Crippen LogP contribution in [0.2, 0.25) is 0 Å². The zero-order valence-corrected chi connectivity index (χ0v) is 12.8. The first-order valence-electron chi connectivity index (χ1n) is 6.90. The highest BCUT2D eigenvalue weighted by atomic mass is 16.5. The van der Waals surface area contributed by atoms with Crippen LogP contribution >= 0.6 is 0 Å². The summed E-state index contributed by atoms with van der Waals surface area (Å²) >= 11 is 0. The summed E-state index contributed by atoms with van der Waals surface area (Å²) in [7, 11) is 0. The van der Waals surface area contributed by atoms with E-state index in [-0.39, 0.29) is 0 Å². The quantitative estimate of drug-likeness (QED) is 0.783. The molecule has 1 amide bonds. The molecule has 118 valence electrons. The molecule has 0 saturated heterocycles. The average molecular weight is 305 g/mol. The molecule has 0 bridgehead atoms. The number of benzene rings is 1. The molecular formula is C15H19N3O4. The number of nitrogens with zero attached hydrogens (tertiary/aromatic N) is 2. The Kier molecular flexibility index (Phi) is 4.46. The first-order chi connectivity index (χ1) is 10.2. The molecule has 2 rings (SSSR count). The minimum atomic E-state index is -1.13. The maximum Gasteiger partial charge on any atom is 0.409 e. The van der Waals surface area contributed by atoms with Gasteiger partial charge in [0.05, 0.1) is 5.60 Å². The molecule has 22 heavy (non-hydrogen) atoms. The van der Waals surface area contributed by atoms with E-state index in [1.54, 1.807) is 39.0 Å². The lowest BCUT2D eigenvalue weighted by Crippen LogP contribution is -2.19. The van der Waals surface area contributed by atoms with Gasteiger partial charge in [-0.2, -0.15) is 4.98 Å². The highest BCUT2D eigenvalue weighted by Gasteiger charge is 2.16. The third-order valence-electron chi connectivity index (χ3n) is 3.16. The van der Waals surface area contributed by atoms with Gasteiger partial charge in [0, 0.05) is 17.7 Å². The minimum Gasteiger partial charge on any atom is -0.465 e. The topological polar surface area (TPSA) is 108 Å². The maximum atomic E-state index is 10.8. The number of aliphatic hydroxyl groups is 1. The van der Waals surface area contributed by atoms with E-state index in [2.05, 4.69) is 15.5 Å². The van der Waals surface area contributed by atoms with Crippen molar-refractivity contribution in [1.82, 2.24) is 10.1 Å². The zero-order valence-electron chi connectivity index (χ0n) is 12.8. The molecule has 1 aromatic carbocycles. The van der Waals surface area contributed by atoms with E-state index in [4.69, 9.17) is 9.63 Å². The van der Waals surface area contributed by atoms with E-state index in [1.807, 2.05) is 0 Å². The Labute approximate surface area is 128 Å². The van der Waals surface area contributed by atoms with Gasteiger partial charge in [0.1, 0.15) is 0 Å². The van der Waals surface area contributed by atoms with Crippen molar-refractivity contribution in [2.45, 2.75) is 39.2 Å². The molecule has 0 radical (unpaired) electrons. The number of amides is 1. The standard InChI is InChI=1S/C15H19N3O4/c1-9-4-5-10(8-11(9)16-14(19)20)13-17-12(22-18-13)6-7-15(2,3)21/h4-5,8,16,21H,6-7H2,1-3H3,(H,19,20). The normalized spacial score (nSPS) is 11.5. The van der Waals surface area contributed by atoms with Crippen molar-refractivity contribution >= 4 is 11.8 Å². The fraction of sp³-hybridized carbons (Fsp3) is 0.400. The Hall–Kier alpha value is -2.41. The van der Waals surface area contributed by atoms with Crippen molar-refractivity contribution < 1.29 is 19.5 Å². The van der Waals surface area contributed by atoms with Gasteiger partial charge in [-0.25, -0.2) is 4.79 Å². The molecule has 1 aromatic heterocycles. The molecule has 3 N–H and O–H groups in total. The van der Waals surface area contributed by atoms with Gasteiger partial charge in [-0.3, -0.25) is 5.32 Å². The summed E-state index contributed by atoms with van der Waals surface area (Å²) < 4.78 is 5.16. The summed E-state index contributed by atoms with van der Waals surface area (Å²) in [6, 6.07) is 5.24. The molecule has 0 spiro atoms. The van der Waals surface area contributed by atoms with Gasteiger partial charge in [0.15, 0.2) is 0 Å². The van der Waals surface area contributed by atoms with Gasteiger partial charge in [-0.1, -0.05) is 17.3 Å². The number of carboxylic acid groups (broad SMARTS) is 1. The fourth-order valence-corrected chi connectivity index (χ4v) is 1.90. The first kappa shape index (κ1) is 16.0. The lowest BCUT2D eigenvalue weighted by Gasteiger charge is -2.14. The smallest absolute Gasteiger partial charge is 0.409 e.